The van der Waals surface area contributed by atoms with E-state index >= 15 is 0 Å². The molecule has 1 aromatic carbocycles. The van der Waals surface area contributed by atoms with Gasteiger partial charge in [0.05, 0.1) is 5.56 Å². The van der Waals surface area contributed by atoms with Crippen LogP contribution in [0.3, 0.4) is 0 Å². The van der Waals surface area contributed by atoms with Crippen molar-refractivity contribution in [3.63, 3.8) is 0 Å². The molecule has 0 amide bonds. The van der Waals surface area contributed by atoms with Gasteiger partial charge in [0.1, 0.15) is 5.75 Å². The van der Waals surface area contributed by atoms with Gasteiger partial charge in [0.2, 0.25) is 0 Å². The van der Waals surface area contributed by atoms with Crippen molar-refractivity contribution in [2.45, 2.75) is 73.1 Å². The maximum absolute atomic E-state index is 11.4. The van der Waals surface area contributed by atoms with Gasteiger partial charge in [-0.2, -0.15) is 0 Å². The number of fused-ring (bicyclic) bond motifs is 1. The molecular formula is C26H36O3. The van der Waals surface area contributed by atoms with E-state index in [2.05, 4.69) is 46.8 Å². The summed E-state index contributed by atoms with van der Waals surface area (Å²) in [6, 6.07) is 4.66. The third kappa shape index (κ3) is 4.15. The number of phenolic OH excluding ortho intramolecular Hbond substituents is 1. The molecule has 158 valence electrons. The van der Waals surface area contributed by atoms with Crippen molar-refractivity contribution in [2.24, 2.45) is 22.7 Å². The number of hydrogen-bond acceptors (Lipinski definition) is 2. The Balaban J connectivity index is 1.97. The number of aromatic hydroxyl groups is 1. The van der Waals surface area contributed by atoms with Crippen LogP contribution in [0.5, 0.6) is 5.75 Å². The normalized spacial score (nSPS) is 31.6. The van der Waals surface area contributed by atoms with Crippen molar-refractivity contribution in [1.29, 1.82) is 0 Å². The topological polar surface area (TPSA) is 57.5 Å². The van der Waals surface area contributed by atoms with Gasteiger partial charge in [-0.25, -0.2) is 4.79 Å². The molecule has 3 heteroatoms. The van der Waals surface area contributed by atoms with Crippen LogP contribution in [-0.2, 0) is 6.42 Å². The number of aromatic carboxylic acids is 1. The van der Waals surface area contributed by atoms with Crippen molar-refractivity contribution >= 4 is 5.97 Å². The molecule has 29 heavy (non-hydrogen) atoms. The van der Waals surface area contributed by atoms with Gasteiger partial charge < -0.3 is 10.2 Å². The Hall–Kier alpha value is -2.03. The maximum Gasteiger partial charge on any atom is 0.335 e. The number of rotatable bonds is 5. The van der Waals surface area contributed by atoms with Crippen LogP contribution in [0.15, 0.2) is 41.5 Å². The summed E-state index contributed by atoms with van der Waals surface area (Å²) in [6.45, 7) is 11.5. The van der Waals surface area contributed by atoms with Gasteiger partial charge >= 0.3 is 5.97 Å². The summed E-state index contributed by atoms with van der Waals surface area (Å²) in [4.78, 5) is 11.4. The highest BCUT2D eigenvalue weighted by molar-refractivity contribution is 5.88. The van der Waals surface area contributed by atoms with Gasteiger partial charge in [0, 0.05) is 0 Å². The molecular weight excluding hydrogens is 360 g/mol. The molecule has 1 saturated carbocycles. The number of phenols is 1. The fraction of sp³-hybridized carbons (Fsp3) is 0.577. The quantitative estimate of drug-likeness (QED) is 0.540. The molecule has 2 aliphatic rings. The van der Waals surface area contributed by atoms with E-state index in [1.54, 1.807) is 6.07 Å². The highest BCUT2D eigenvalue weighted by Crippen LogP contribution is 2.61. The summed E-state index contributed by atoms with van der Waals surface area (Å²) in [5.41, 5.74) is 4.20. The van der Waals surface area contributed by atoms with Gasteiger partial charge in [0.15, 0.2) is 0 Å². The smallest absolute Gasteiger partial charge is 0.335 e. The molecule has 1 fully saturated rings. The average Bonchev–Trinajstić information content (AvgIpc) is 2.64. The van der Waals surface area contributed by atoms with Crippen molar-refractivity contribution in [2.75, 3.05) is 0 Å². The molecule has 2 aliphatic carbocycles. The molecule has 0 spiro atoms. The molecule has 0 unspecified atom stereocenters. The molecule has 1 aromatic rings. The van der Waals surface area contributed by atoms with Crippen molar-refractivity contribution in [3.8, 4) is 5.75 Å². The summed E-state index contributed by atoms with van der Waals surface area (Å²) in [7, 11) is 0. The van der Waals surface area contributed by atoms with Crippen LogP contribution >= 0.6 is 0 Å². The molecule has 3 nitrogen and oxygen atoms in total. The molecule has 2 N–H and O–H groups in total. The second-order valence-electron chi connectivity index (χ2n) is 10.1. The highest BCUT2D eigenvalue weighted by Gasteiger charge is 2.53. The van der Waals surface area contributed by atoms with Crippen LogP contribution in [0.2, 0.25) is 0 Å². The second kappa shape index (κ2) is 8.01. The van der Waals surface area contributed by atoms with Gasteiger partial charge in [-0.3, -0.25) is 0 Å². The zero-order valence-corrected chi connectivity index (χ0v) is 18.6. The van der Waals surface area contributed by atoms with E-state index in [-0.39, 0.29) is 22.1 Å². The summed E-state index contributed by atoms with van der Waals surface area (Å²) < 4.78 is 0. The summed E-state index contributed by atoms with van der Waals surface area (Å²) >= 11 is 0. The lowest BCUT2D eigenvalue weighted by Gasteiger charge is -2.58. The number of hydrogen-bond donors (Lipinski definition) is 2. The molecule has 0 aliphatic heterocycles. The predicted molar refractivity (Wildman–Crippen MR) is 118 cm³/mol. The SMILES string of the molecule is CC(C)=CC[C@@]1(C)CCC[C@]2(C)[C@@H](Cc3cc(C(=O)O)ccc3O)C(C)=CC[C@@H]12. The van der Waals surface area contributed by atoms with Crippen LogP contribution in [-0.4, -0.2) is 16.2 Å². The minimum atomic E-state index is -0.946. The predicted octanol–water partition coefficient (Wildman–Crippen LogP) is 6.77. The van der Waals surface area contributed by atoms with Gasteiger partial charge in [-0.05, 0) is 99.3 Å². The zero-order chi connectivity index (χ0) is 21.4. The first-order valence-corrected chi connectivity index (χ1v) is 10.9. The van der Waals surface area contributed by atoms with Crippen molar-refractivity contribution < 1.29 is 15.0 Å². The number of allylic oxidation sites excluding steroid dienone is 4. The van der Waals surface area contributed by atoms with Crippen LogP contribution in [0.4, 0.5) is 0 Å². The van der Waals surface area contributed by atoms with Crippen molar-refractivity contribution in [3.05, 3.63) is 52.6 Å². The van der Waals surface area contributed by atoms with Crippen molar-refractivity contribution in [1.82, 2.24) is 0 Å². The van der Waals surface area contributed by atoms with Crippen LogP contribution in [0.25, 0.3) is 0 Å². The third-order valence-corrected chi connectivity index (χ3v) is 7.85. The fourth-order valence-corrected chi connectivity index (χ4v) is 6.13. The second-order valence-corrected chi connectivity index (χ2v) is 10.1. The Labute approximate surface area is 175 Å². The lowest BCUT2D eigenvalue weighted by Crippen LogP contribution is -2.50. The maximum atomic E-state index is 11.4. The number of carbonyl (C=O) groups is 1. The molecule has 0 aromatic heterocycles. The molecule has 0 heterocycles. The van der Waals surface area contributed by atoms with Gasteiger partial charge in [-0.1, -0.05) is 43.6 Å². The van der Waals surface area contributed by atoms with Gasteiger partial charge in [-0.15, -0.1) is 0 Å². The molecule has 4 atom stereocenters. The summed E-state index contributed by atoms with van der Waals surface area (Å²) in [5.74, 6) is 0.176. The fourth-order valence-electron chi connectivity index (χ4n) is 6.13. The van der Waals surface area contributed by atoms with Crippen LogP contribution in [0, 0.1) is 22.7 Å². The first-order chi connectivity index (χ1) is 13.6. The summed E-state index contributed by atoms with van der Waals surface area (Å²) in [6.07, 6.45) is 11.4. The minimum absolute atomic E-state index is 0.160. The molecule has 0 radical (unpaired) electrons. The molecule has 3 rings (SSSR count). The first kappa shape index (κ1) is 21.7. The van der Waals surface area contributed by atoms with E-state index < -0.39 is 5.97 Å². The Morgan fingerprint density at radius 1 is 1.24 bits per heavy atom. The molecule has 0 bridgehead atoms. The number of carboxylic acid groups (broad SMARTS) is 1. The monoisotopic (exact) mass is 396 g/mol. The van der Waals surface area contributed by atoms with E-state index in [9.17, 15) is 15.0 Å². The van der Waals surface area contributed by atoms with Crippen LogP contribution < -0.4 is 0 Å². The van der Waals surface area contributed by atoms with E-state index in [1.165, 1.54) is 42.5 Å². The standard InChI is InChI=1S/C26H36O3/c1-17(2)11-14-25(4)12-6-13-26(5)21(18(3)7-10-23(25)26)16-20-15-19(24(28)29)8-9-22(20)27/h7-9,11,15,21,23,27H,6,10,12-14,16H2,1-5H3,(H,28,29)/t21-,23-,25+,26+/m0/s1. The van der Waals surface area contributed by atoms with E-state index in [0.717, 1.165) is 18.4 Å². The van der Waals surface area contributed by atoms with Gasteiger partial charge in [0.25, 0.3) is 0 Å². The Kier molecular flexibility index (Phi) is 5.98. The number of carboxylic acids is 1. The highest BCUT2D eigenvalue weighted by atomic mass is 16.4. The Morgan fingerprint density at radius 3 is 2.62 bits per heavy atom. The number of benzene rings is 1. The lowest BCUT2D eigenvalue weighted by atomic mass is 9.47. The van der Waals surface area contributed by atoms with E-state index in [0.29, 0.717) is 18.3 Å². The minimum Gasteiger partial charge on any atom is -0.508 e. The largest absolute Gasteiger partial charge is 0.508 e. The van der Waals surface area contributed by atoms with Crippen LogP contribution in [0.1, 0.15) is 82.6 Å². The van der Waals surface area contributed by atoms with E-state index in [1.807, 2.05) is 0 Å². The third-order valence-electron chi connectivity index (χ3n) is 7.85. The first-order valence-electron chi connectivity index (χ1n) is 10.9. The zero-order valence-electron chi connectivity index (χ0n) is 18.6. The summed E-state index contributed by atoms with van der Waals surface area (Å²) in [5, 5.41) is 19.8. The Morgan fingerprint density at radius 2 is 1.97 bits per heavy atom. The lowest BCUT2D eigenvalue weighted by molar-refractivity contribution is -0.0454. The average molecular weight is 397 g/mol. The van der Waals surface area contributed by atoms with E-state index in [4.69, 9.17) is 0 Å². The molecule has 0 saturated heterocycles. The Bertz CT molecular complexity index is 846.